The minimum atomic E-state index is -0.982. The third-order valence-corrected chi connectivity index (χ3v) is 5.52. The van der Waals surface area contributed by atoms with E-state index in [9.17, 15) is 19.2 Å². The molecule has 2 aliphatic heterocycles. The van der Waals surface area contributed by atoms with Crippen LogP contribution in [-0.2, 0) is 19.1 Å². The minimum absolute atomic E-state index is 0.200. The highest BCUT2D eigenvalue weighted by molar-refractivity contribution is 6.20. The Morgan fingerprint density at radius 3 is 2.06 bits per heavy atom. The van der Waals surface area contributed by atoms with Crippen LogP contribution in [0.2, 0.25) is 0 Å². The molecule has 1 aromatic carbocycles. The highest BCUT2D eigenvalue weighted by Gasteiger charge is 2.47. The second-order valence-corrected chi connectivity index (χ2v) is 8.82. The maximum atomic E-state index is 13.2. The van der Waals surface area contributed by atoms with Gasteiger partial charge in [0.05, 0.1) is 16.5 Å². The van der Waals surface area contributed by atoms with Crippen molar-refractivity contribution in [2.24, 2.45) is 5.41 Å². The SMILES string of the molecule is COCCC1(C(=O)ON2C(=O)c3ccccc3C2=O)CCN(C(=O)OC(C)(C)C)CC1. The lowest BCUT2D eigenvalue weighted by Crippen LogP contribution is -2.50. The Labute approximate surface area is 181 Å². The van der Waals surface area contributed by atoms with E-state index in [1.54, 1.807) is 37.8 Å². The van der Waals surface area contributed by atoms with Gasteiger partial charge in [0.2, 0.25) is 0 Å². The van der Waals surface area contributed by atoms with Crippen molar-refractivity contribution >= 4 is 23.9 Å². The van der Waals surface area contributed by atoms with Crippen LogP contribution in [0.25, 0.3) is 0 Å². The largest absolute Gasteiger partial charge is 0.444 e. The Hall–Kier alpha value is -2.94. The summed E-state index contributed by atoms with van der Waals surface area (Å²) in [5.74, 6) is -2.01. The quantitative estimate of drug-likeness (QED) is 0.659. The molecule has 2 heterocycles. The average molecular weight is 432 g/mol. The Morgan fingerprint density at radius 2 is 1.58 bits per heavy atom. The lowest BCUT2D eigenvalue weighted by molar-refractivity contribution is -0.185. The standard InChI is InChI=1S/C22H28N2O7/c1-21(2,3)30-20(28)23-12-9-22(10-13-23,11-14-29-4)19(27)31-24-17(25)15-7-5-6-8-16(15)18(24)26/h5-8H,9-14H2,1-4H3. The number of carbonyl (C=O) groups excluding carboxylic acids is 4. The maximum Gasteiger partial charge on any atom is 0.410 e. The topological polar surface area (TPSA) is 102 Å². The molecule has 1 aromatic rings. The van der Waals surface area contributed by atoms with Gasteiger partial charge in [0, 0.05) is 26.8 Å². The summed E-state index contributed by atoms with van der Waals surface area (Å²) in [7, 11) is 1.53. The highest BCUT2D eigenvalue weighted by Crippen LogP contribution is 2.38. The number of hydroxylamine groups is 2. The van der Waals surface area contributed by atoms with E-state index < -0.39 is 34.9 Å². The van der Waals surface area contributed by atoms with Gasteiger partial charge >= 0.3 is 12.1 Å². The number of amides is 3. The summed E-state index contributed by atoms with van der Waals surface area (Å²) in [6.07, 6.45) is 0.504. The zero-order valence-corrected chi connectivity index (χ0v) is 18.3. The molecular formula is C22H28N2O7. The first-order valence-electron chi connectivity index (χ1n) is 10.2. The van der Waals surface area contributed by atoms with E-state index in [2.05, 4.69) is 0 Å². The van der Waals surface area contributed by atoms with Crippen LogP contribution in [0.15, 0.2) is 24.3 Å². The third kappa shape index (κ3) is 4.71. The van der Waals surface area contributed by atoms with Crippen molar-refractivity contribution in [2.75, 3.05) is 26.8 Å². The molecule has 1 fully saturated rings. The van der Waals surface area contributed by atoms with Crippen LogP contribution in [-0.4, -0.2) is 66.2 Å². The number of piperidine rings is 1. The number of imide groups is 1. The molecule has 0 spiro atoms. The van der Waals surface area contributed by atoms with Gasteiger partial charge in [-0.3, -0.25) is 9.59 Å². The summed E-state index contributed by atoms with van der Waals surface area (Å²) in [6.45, 7) is 6.24. The van der Waals surface area contributed by atoms with E-state index >= 15 is 0 Å². The molecule has 0 aromatic heterocycles. The summed E-state index contributed by atoms with van der Waals surface area (Å²) in [6, 6.07) is 6.32. The number of carbonyl (C=O) groups is 4. The number of ether oxygens (including phenoxy) is 2. The van der Waals surface area contributed by atoms with Crippen LogP contribution in [0, 0.1) is 5.41 Å². The molecule has 0 aliphatic carbocycles. The van der Waals surface area contributed by atoms with Crippen LogP contribution in [0.1, 0.15) is 60.7 Å². The lowest BCUT2D eigenvalue weighted by Gasteiger charge is -2.40. The van der Waals surface area contributed by atoms with Crippen LogP contribution in [0.5, 0.6) is 0 Å². The van der Waals surface area contributed by atoms with Gasteiger partial charge in [0.25, 0.3) is 11.8 Å². The van der Waals surface area contributed by atoms with Crippen LogP contribution in [0.3, 0.4) is 0 Å². The van der Waals surface area contributed by atoms with Crippen LogP contribution >= 0.6 is 0 Å². The Balaban J connectivity index is 1.72. The second-order valence-electron chi connectivity index (χ2n) is 8.82. The Bertz CT molecular complexity index is 847. The van der Waals surface area contributed by atoms with E-state index in [-0.39, 0.29) is 24.2 Å². The summed E-state index contributed by atoms with van der Waals surface area (Å²) < 4.78 is 10.6. The minimum Gasteiger partial charge on any atom is -0.444 e. The van der Waals surface area contributed by atoms with Crippen molar-refractivity contribution in [3.8, 4) is 0 Å². The molecule has 0 radical (unpaired) electrons. The van der Waals surface area contributed by atoms with Crippen molar-refractivity contribution in [1.29, 1.82) is 0 Å². The molecule has 0 saturated carbocycles. The van der Waals surface area contributed by atoms with Gasteiger partial charge in [-0.05, 0) is 52.2 Å². The Morgan fingerprint density at radius 1 is 1.03 bits per heavy atom. The molecule has 1 saturated heterocycles. The van der Waals surface area contributed by atoms with Gasteiger partial charge in [-0.25, -0.2) is 9.59 Å². The van der Waals surface area contributed by atoms with Crippen molar-refractivity contribution in [1.82, 2.24) is 9.96 Å². The number of methoxy groups -OCH3 is 1. The molecule has 0 unspecified atom stereocenters. The molecule has 0 atom stereocenters. The molecule has 168 valence electrons. The molecule has 31 heavy (non-hydrogen) atoms. The Kier molecular flexibility index (Phi) is 6.35. The summed E-state index contributed by atoms with van der Waals surface area (Å²) in [4.78, 5) is 57.5. The van der Waals surface area contributed by atoms with Gasteiger partial charge in [-0.15, -0.1) is 0 Å². The number of benzene rings is 1. The summed E-state index contributed by atoms with van der Waals surface area (Å²) in [5.41, 5.74) is -1.20. The number of fused-ring (bicyclic) bond motifs is 1. The van der Waals surface area contributed by atoms with Crippen molar-refractivity contribution in [2.45, 2.75) is 45.6 Å². The first kappa shape index (κ1) is 22.7. The molecule has 0 N–H and O–H groups in total. The van der Waals surface area contributed by atoms with E-state index in [1.165, 1.54) is 19.2 Å². The maximum absolute atomic E-state index is 13.2. The van der Waals surface area contributed by atoms with Crippen LogP contribution < -0.4 is 0 Å². The molecule has 9 nitrogen and oxygen atoms in total. The predicted octanol–water partition coefficient (Wildman–Crippen LogP) is 2.79. The fourth-order valence-corrected chi connectivity index (χ4v) is 3.73. The summed E-state index contributed by atoms with van der Waals surface area (Å²) in [5, 5.41) is 0.530. The first-order valence-corrected chi connectivity index (χ1v) is 10.2. The van der Waals surface area contributed by atoms with Gasteiger partial charge in [0.15, 0.2) is 0 Å². The van der Waals surface area contributed by atoms with Crippen LogP contribution in [0.4, 0.5) is 4.79 Å². The number of hydrogen-bond acceptors (Lipinski definition) is 7. The smallest absolute Gasteiger partial charge is 0.410 e. The first-order chi connectivity index (χ1) is 14.6. The van der Waals surface area contributed by atoms with Gasteiger partial charge in [-0.2, -0.15) is 0 Å². The van der Waals surface area contributed by atoms with E-state index in [4.69, 9.17) is 14.3 Å². The number of likely N-dealkylation sites (tertiary alicyclic amines) is 1. The van der Waals surface area contributed by atoms with E-state index in [0.29, 0.717) is 30.9 Å². The van der Waals surface area contributed by atoms with Crippen molar-refractivity contribution in [3.63, 3.8) is 0 Å². The molecule has 0 bridgehead atoms. The monoisotopic (exact) mass is 432 g/mol. The fraction of sp³-hybridized carbons (Fsp3) is 0.545. The van der Waals surface area contributed by atoms with Gasteiger partial charge < -0.3 is 19.2 Å². The molecule has 3 amide bonds. The lowest BCUT2D eigenvalue weighted by atomic mass is 9.76. The van der Waals surface area contributed by atoms with E-state index in [1.807, 2.05) is 0 Å². The molecule has 3 rings (SSSR count). The second kappa shape index (κ2) is 8.66. The van der Waals surface area contributed by atoms with Crippen molar-refractivity contribution < 1.29 is 33.5 Å². The van der Waals surface area contributed by atoms with E-state index in [0.717, 1.165) is 0 Å². The zero-order chi connectivity index (χ0) is 22.8. The fourth-order valence-electron chi connectivity index (χ4n) is 3.73. The molecular weight excluding hydrogens is 404 g/mol. The number of nitrogens with zero attached hydrogens (tertiary/aromatic N) is 2. The predicted molar refractivity (Wildman–Crippen MR) is 109 cm³/mol. The highest BCUT2D eigenvalue weighted by atomic mass is 16.7. The number of rotatable bonds is 5. The van der Waals surface area contributed by atoms with Gasteiger partial charge in [-0.1, -0.05) is 17.2 Å². The van der Waals surface area contributed by atoms with Gasteiger partial charge in [0.1, 0.15) is 5.60 Å². The molecule has 2 aliphatic rings. The summed E-state index contributed by atoms with van der Waals surface area (Å²) >= 11 is 0. The number of hydrogen-bond donors (Lipinski definition) is 0. The average Bonchev–Trinajstić information content (AvgIpc) is 2.96. The zero-order valence-electron chi connectivity index (χ0n) is 18.3. The third-order valence-electron chi connectivity index (χ3n) is 5.52. The van der Waals surface area contributed by atoms with Crippen molar-refractivity contribution in [3.05, 3.63) is 35.4 Å². The normalized spacial score (nSPS) is 18.1. The molecule has 9 heteroatoms.